The zero-order chi connectivity index (χ0) is 29.5. The lowest BCUT2D eigenvalue weighted by Gasteiger charge is -2.36. The fourth-order valence-electron chi connectivity index (χ4n) is 5.73. The first-order chi connectivity index (χ1) is 19.3. The third kappa shape index (κ3) is 5.87. The van der Waals surface area contributed by atoms with Crippen molar-refractivity contribution in [1.29, 1.82) is 0 Å². The van der Waals surface area contributed by atoms with Crippen LogP contribution in [-0.4, -0.2) is 32.9 Å². The molecule has 2 aromatic carbocycles. The molecule has 0 amide bonds. The second-order valence-corrected chi connectivity index (χ2v) is 12.4. The topological polar surface area (TPSA) is 127 Å². The molecule has 41 heavy (non-hydrogen) atoms. The van der Waals surface area contributed by atoms with Gasteiger partial charge in [-0.15, -0.1) is 0 Å². The summed E-state index contributed by atoms with van der Waals surface area (Å²) in [7, 11) is 0. The van der Waals surface area contributed by atoms with E-state index in [-0.39, 0.29) is 71.4 Å². The van der Waals surface area contributed by atoms with Gasteiger partial charge in [0.05, 0.1) is 0 Å². The molecule has 1 heterocycles. The van der Waals surface area contributed by atoms with Crippen molar-refractivity contribution in [1.82, 2.24) is 5.16 Å². The molecular formula is C33H33NO7. The number of nitrogens with zero attached hydrogens (tertiary/aromatic N) is 1. The van der Waals surface area contributed by atoms with Crippen LogP contribution in [-0.2, 0) is 9.59 Å². The Bertz CT molecular complexity index is 1520. The first-order valence-electron chi connectivity index (χ1n) is 13.6. The summed E-state index contributed by atoms with van der Waals surface area (Å²) in [4.78, 5) is 39.5. The minimum Gasteiger partial charge on any atom is -0.512 e. The van der Waals surface area contributed by atoms with E-state index >= 15 is 0 Å². The van der Waals surface area contributed by atoms with Gasteiger partial charge in [-0.3, -0.25) is 9.59 Å². The van der Waals surface area contributed by atoms with E-state index in [0.717, 1.165) is 5.56 Å². The van der Waals surface area contributed by atoms with Crippen LogP contribution in [0, 0.1) is 10.8 Å². The van der Waals surface area contributed by atoms with Gasteiger partial charge in [-0.2, -0.15) is 0 Å². The summed E-state index contributed by atoms with van der Waals surface area (Å²) in [5, 5.41) is 25.9. The largest absolute Gasteiger partial charge is 0.512 e. The van der Waals surface area contributed by atoms with Crippen LogP contribution in [0.3, 0.4) is 0 Å². The number of carbonyl (C=O) groups is 3. The second-order valence-electron chi connectivity index (χ2n) is 12.4. The lowest BCUT2D eigenvalue weighted by Crippen LogP contribution is -2.33. The Hall–Kier alpha value is -4.46. The standard InChI is InChI=1S/C33H33NO7/c1-32(2)15-23(35)29(24(36)16-32)28(30-25(37)17-33(3,4)18-26(30)38)20-10-12-21(13-11-20)40-31(39)22-14-27(41-34-22)19-8-6-5-7-9-19/h5-14,28,35,37H,15-18H2,1-4H3. The number of esters is 1. The number of benzene rings is 2. The van der Waals surface area contributed by atoms with E-state index in [1.165, 1.54) is 6.07 Å². The van der Waals surface area contributed by atoms with Crippen molar-refractivity contribution >= 4 is 17.5 Å². The number of rotatable bonds is 6. The van der Waals surface area contributed by atoms with Gasteiger partial charge < -0.3 is 19.5 Å². The molecule has 0 bridgehead atoms. The summed E-state index contributed by atoms with van der Waals surface area (Å²) >= 11 is 0. The molecule has 0 radical (unpaired) electrons. The van der Waals surface area contributed by atoms with Crippen LogP contribution in [0.1, 0.15) is 75.3 Å². The van der Waals surface area contributed by atoms with Crippen molar-refractivity contribution in [2.24, 2.45) is 10.8 Å². The Kier molecular flexibility index (Phi) is 7.19. The molecule has 2 N–H and O–H groups in total. The van der Waals surface area contributed by atoms with E-state index < -0.39 is 22.7 Å². The Morgan fingerprint density at radius 1 is 0.829 bits per heavy atom. The predicted molar refractivity (Wildman–Crippen MR) is 151 cm³/mol. The van der Waals surface area contributed by atoms with Crippen LogP contribution in [0.5, 0.6) is 5.75 Å². The van der Waals surface area contributed by atoms with E-state index in [9.17, 15) is 24.6 Å². The maximum atomic E-state index is 13.4. The van der Waals surface area contributed by atoms with Crippen molar-refractivity contribution in [3.63, 3.8) is 0 Å². The highest BCUT2D eigenvalue weighted by Crippen LogP contribution is 2.48. The van der Waals surface area contributed by atoms with E-state index in [0.29, 0.717) is 11.3 Å². The number of hydrogen-bond acceptors (Lipinski definition) is 8. The molecule has 0 unspecified atom stereocenters. The Balaban J connectivity index is 1.46. The van der Waals surface area contributed by atoms with Crippen molar-refractivity contribution in [2.75, 3.05) is 0 Å². The zero-order valence-corrected chi connectivity index (χ0v) is 23.6. The number of aliphatic hydroxyl groups is 2. The number of aliphatic hydroxyl groups excluding tert-OH is 2. The number of allylic oxidation sites excluding steroid dienone is 4. The highest BCUT2D eigenvalue weighted by Gasteiger charge is 2.43. The summed E-state index contributed by atoms with van der Waals surface area (Å²) in [6.07, 6.45) is 0.956. The molecule has 0 fully saturated rings. The molecular weight excluding hydrogens is 522 g/mol. The van der Waals surface area contributed by atoms with E-state index in [4.69, 9.17) is 9.26 Å². The molecule has 2 aliphatic rings. The number of aromatic nitrogens is 1. The van der Waals surface area contributed by atoms with Crippen molar-refractivity contribution < 1.29 is 33.9 Å². The van der Waals surface area contributed by atoms with Crippen molar-refractivity contribution in [3.8, 4) is 17.1 Å². The van der Waals surface area contributed by atoms with Crippen LogP contribution in [0.15, 0.2) is 87.9 Å². The molecule has 212 valence electrons. The fraction of sp³-hybridized carbons (Fsp3) is 0.333. The first-order valence-corrected chi connectivity index (χ1v) is 13.6. The molecule has 1 aromatic heterocycles. The van der Waals surface area contributed by atoms with Crippen molar-refractivity contribution in [2.45, 2.75) is 59.3 Å². The molecule has 5 rings (SSSR count). The quantitative estimate of drug-likeness (QED) is 0.245. The zero-order valence-electron chi connectivity index (χ0n) is 23.6. The Morgan fingerprint density at radius 2 is 1.37 bits per heavy atom. The molecule has 0 saturated carbocycles. The van der Waals surface area contributed by atoms with Gasteiger partial charge in [0.25, 0.3) is 0 Å². The average molecular weight is 556 g/mol. The van der Waals surface area contributed by atoms with Gasteiger partial charge in [-0.05, 0) is 28.5 Å². The maximum Gasteiger partial charge on any atom is 0.365 e. The predicted octanol–water partition coefficient (Wildman–Crippen LogP) is 7.05. The van der Waals surface area contributed by atoms with Crippen LogP contribution < -0.4 is 4.74 Å². The fourth-order valence-corrected chi connectivity index (χ4v) is 5.73. The normalized spacial score (nSPS) is 18.7. The molecule has 0 spiro atoms. The number of ether oxygens (including phenoxy) is 1. The molecule has 0 aliphatic heterocycles. The minimum atomic E-state index is -0.948. The van der Waals surface area contributed by atoms with Crippen molar-refractivity contribution in [3.05, 3.63) is 94.6 Å². The van der Waals surface area contributed by atoms with Gasteiger partial charge in [-0.1, -0.05) is 75.3 Å². The SMILES string of the molecule is CC1(C)CC(=O)C(C(C2=C(O)CC(C)(C)CC2=O)c2ccc(OC(=O)c3cc(-c4ccccc4)on3)cc2)=C(O)C1. The second kappa shape index (κ2) is 10.5. The maximum absolute atomic E-state index is 13.4. The molecule has 0 atom stereocenters. The van der Waals surface area contributed by atoms with Gasteiger partial charge >= 0.3 is 5.97 Å². The smallest absolute Gasteiger partial charge is 0.365 e. The number of carbonyl (C=O) groups excluding carboxylic acids is 3. The van der Waals surface area contributed by atoms with Gasteiger partial charge in [-0.25, -0.2) is 4.79 Å². The van der Waals surface area contributed by atoms with E-state index in [1.807, 2.05) is 58.0 Å². The highest BCUT2D eigenvalue weighted by molar-refractivity contribution is 6.05. The summed E-state index contributed by atoms with van der Waals surface area (Å²) in [5.41, 5.74) is 0.682. The van der Waals surface area contributed by atoms with Gasteiger partial charge in [0.15, 0.2) is 23.0 Å². The monoisotopic (exact) mass is 555 g/mol. The average Bonchev–Trinajstić information content (AvgIpc) is 3.37. The minimum absolute atomic E-state index is 0.00166. The van der Waals surface area contributed by atoms with Gasteiger partial charge in [0, 0.05) is 54.4 Å². The third-order valence-electron chi connectivity index (χ3n) is 7.57. The Labute approximate surface area is 238 Å². The lowest BCUT2D eigenvalue weighted by molar-refractivity contribution is -0.119. The van der Waals surface area contributed by atoms with Crippen LogP contribution in [0.25, 0.3) is 11.3 Å². The lowest BCUT2D eigenvalue weighted by atomic mass is 9.67. The summed E-state index contributed by atoms with van der Waals surface area (Å²) in [5.74, 6) is -1.71. The molecule has 8 nitrogen and oxygen atoms in total. The molecule has 3 aromatic rings. The number of hydrogen-bond donors (Lipinski definition) is 2. The highest BCUT2D eigenvalue weighted by atomic mass is 16.5. The summed E-state index contributed by atoms with van der Waals surface area (Å²) in [6.45, 7) is 7.61. The van der Waals surface area contributed by atoms with Crippen LogP contribution in [0.2, 0.25) is 0 Å². The first kappa shape index (κ1) is 28.1. The van der Waals surface area contributed by atoms with Gasteiger partial charge in [0.2, 0.25) is 0 Å². The summed E-state index contributed by atoms with van der Waals surface area (Å²) < 4.78 is 10.8. The van der Waals surface area contributed by atoms with E-state index in [2.05, 4.69) is 5.16 Å². The van der Waals surface area contributed by atoms with Gasteiger partial charge in [0.1, 0.15) is 17.3 Å². The molecule has 8 heteroatoms. The van der Waals surface area contributed by atoms with E-state index in [1.54, 1.807) is 24.3 Å². The summed E-state index contributed by atoms with van der Waals surface area (Å²) in [6, 6.07) is 17.1. The molecule has 2 aliphatic carbocycles. The third-order valence-corrected chi connectivity index (χ3v) is 7.57. The van der Waals surface area contributed by atoms with Crippen LogP contribution in [0.4, 0.5) is 0 Å². The number of Topliss-reactive ketones (excluding diaryl/α,β-unsaturated/α-hetero) is 2. The Morgan fingerprint density at radius 3 is 1.88 bits per heavy atom. The molecule has 0 saturated heterocycles. The van der Waals surface area contributed by atoms with Crippen LogP contribution >= 0.6 is 0 Å². The number of ketones is 2.